The van der Waals surface area contributed by atoms with Gasteiger partial charge in [-0.2, -0.15) is 0 Å². The lowest BCUT2D eigenvalue weighted by molar-refractivity contribution is 0.385. The SMILES string of the molecule is CCN(c1cc(OC)c(F)cc1N)C1CCCCC1. The first-order valence-corrected chi connectivity index (χ1v) is 7.07. The van der Waals surface area contributed by atoms with Gasteiger partial charge in [-0.25, -0.2) is 4.39 Å². The third-order valence-corrected chi connectivity index (χ3v) is 3.97. The molecule has 0 amide bonds. The Labute approximate surface area is 114 Å². The van der Waals surface area contributed by atoms with Gasteiger partial charge in [-0.3, -0.25) is 0 Å². The second-order valence-electron chi connectivity index (χ2n) is 5.12. The quantitative estimate of drug-likeness (QED) is 0.847. The van der Waals surface area contributed by atoms with Gasteiger partial charge in [0, 0.05) is 24.7 Å². The number of nitrogens with zero attached hydrogens (tertiary/aromatic N) is 1. The van der Waals surface area contributed by atoms with Gasteiger partial charge < -0.3 is 15.4 Å². The Morgan fingerprint density at radius 2 is 2.00 bits per heavy atom. The van der Waals surface area contributed by atoms with Crippen LogP contribution < -0.4 is 15.4 Å². The lowest BCUT2D eigenvalue weighted by atomic mass is 9.93. The van der Waals surface area contributed by atoms with E-state index < -0.39 is 5.82 Å². The van der Waals surface area contributed by atoms with E-state index in [1.807, 2.05) is 0 Å². The molecule has 4 heteroatoms. The van der Waals surface area contributed by atoms with E-state index >= 15 is 0 Å². The fourth-order valence-electron chi connectivity index (χ4n) is 2.98. The molecular formula is C15H23FN2O. The van der Waals surface area contributed by atoms with E-state index in [2.05, 4.69) is 11.8 Å². The standard InChI is InChI=1S/C15H23FN2O/c1-3-18(11-7-5-4-6-8-11)14-10-15(19-2)12(16)9-13(14)17/h9-11H,3-8,17H2,1-2H3. The Bertz CT molecular complexity index is 430. The van der Waals surface area contributed by atoms with E-state index in [1.165, 1.54) is 45.3 Å². The third-order valence-electron chi connectivity index (χ3n) is 3.97. The number of hydrogen-bond donors (Lipinski definition) is 1. The van der Waals surface area contributed by atoms with Crippen LogP contribution in [-0.4, -0.2) is 19.7 Å². The first kappa shape index (κ1) is 14.0. The van der Waals surface area contributed by atoms with Crippen LogP contribution in [0.4, 0.5) is 15.8 Å². The van der Waals surface area contributed by atoms with Crippen LogP contribution in [0.3, 0.4) is 0 Å². The molecule has 106 valence electrons. The van der Waals surface area contributed by atoms with Crippen molar-refractivity contribution in [3.63, 3.8) is 0 Å². The summed E-state index contributed by atoms with van der Waals surface area (Å²) in [6.07, 6.45) is 6.22. The second kappa shape index (κ2) is 6.13. The molecule has 1 aromatic rings. The zero-order valence-corrected chi connectivity index (χ0v) is 11.8. The predicted octanol–water partition coefficient (Wildman–Crippen LogP) is 3.58. The van der Waals surface area contributed by atoms with Crippen LogP contribution in [0, 0.1) is 5.82 Å². The van der Waals surface area contributed by atoms with E-state index in [0.29, 0.717) is 11.7 Å². The molecule has 2 rings (SSSR count). The molecule has 19 heavy (non-hydrogen) atoms. The molecule has 0 saturated heterocycles. The first-order valence-electron chi connectivity index (χ1n) is 7.07. The summed E-state index contributed by atoms with van der Waals surface area (Å²) >= 11 is 0. The van der Waals surface area contributed by atoms with Gasteiger partial charge in [0.25, 0.3) is 0 Å². The Kier molecular flexibility index (Phi) is 4.51. The van der Waals surface area contributed by atoms with Crippen LogP contribution in [0.5, 0.6) is 5.75 Å². The van der Waals surface area contributed by atoms with Crippen molar-refractivity contribution in [1.29, 1.82) is 0 Å². The van der Waals surface area contributed by atoms with Crippen molar-refractivity contribution in [1.82, 2.24) is 0 Å². The number of nitrogen functional groups attached to an aromatic ring is 1. The minimum absolute atomic E-state index is 0.262. The molecule has 1 fully saturated rings. The first-order chi connectivity index (χ1) is 9.17. The lowest BCUT2D eigenvalue weighted by Gasteiger charge is -2.36. The number of benzene rings is 1. The number of anilines is 2. The van der Waals surface area contributed by atoms with Crippen molar-refractivity contribution in [2.24, 2.45) is 0 Å². The molecule has 0 bridgehead atoms. The normalized spacial score (nSPS) is 16.4. The van der Waals surface area contributed by atoms with E-state index in [4.69, 9.17) is 10.5 Å². The highest BCUT2D eigenvalue weighted by Gasteiger charge is 2.23. The average molecular weight is 266 g/mol. The smallest absolute Gasteiger partial charge is 0.167 e. The maximum Gasteiger partial charge on any atom is 0.167 e. The molecule has 0 atom stereocenters. The predicted molar refractivity (Wildman–Crippen MR) is 77.3 cm³/mol. The van der Waals surface area contributed by atoms with Crippen LogP contribution in [0.2, 0.25) is 0 Å². The van der Waals surface area contributed by atoms with Gasteiger partial charge in [0.1, 0.15) is 0 Å². The van der Waals surface area contributed by atoms with Crippen molar-refractivity contribution >= 4 is 11.4 Å². The van der Waals surface area contributed by atoms with Crippen molar-refractivity contribution in [3.05, 3.63) is 17.9 Å². The fourth-order valence-corrected chi connectivity index (χ4v) is 2.98. The highest BCUT2D eigenvalue weighted by molar-refractivity contribution is 5.70. The van der Waals surface area contributed by atoms with Crippen LogP contribution >= 0.6 is 0 Å². The van der Waals surface area contributed by atoms with Gasteiger partial charge in [0.15, 0.2) is 11.6 Å². The molecule has 0 aromatic heterocycles. The molecule has 1 aromatic carbocycles. The Morgan fingerprint density at radius 1 is 1.32 bits per heavy atom. The molecule has 3 nitrogen and oxygen atoms in total. The van der Waals surface area contributed by atoms with Crippen LogP contribution in [0.25, 0.3) is 0 Å². The Hall–Kier alpha value is -1.45. The molecule has 1 saturated carbocycles. The lowest BCUT2D eigenvalue weighted by Crippen LogP contribution is -2.37. The van der Waals surface area contributed by atoms with Gasteiger partial charge in [0.05, 0.1) is 18.5 Å². The van der Waals surface area contributed by atoms with E-state index in [0.717, 1.165) is 12.2 Å². The summed E-state index contributed by atoms with van der Waals surface area (Å²) in [5, 5.41) is 0. The topological polar surface area (TPSA) is 38.5 Å². The summed E-state index contributed by atoms with van der Waals surface area (Å²) in [6, 6.07) is 3.60. The van der Waals surface area contributed by atoms with Gasteiger partial charge >= 0.3 is 0 Å². The van der Waals surface area contributed by atoms with Crippen LogP contribution in [0.15, 0.2) is 12.1 Å². The maximum absolute atomic E-state index is 13.6. The van der Waals surface area contributed by atoms with Gasteiger partial charge in [-0.15, -0.1) is 0 Å². The number of nitrogens with two attached hydrogens (primary N) is 1. The molecule has 2 N–H and O–H groups in total. The Balaban J connectivity index is 2.31. The van der Waals surface area contributed by atoms with Gasteiger partial charge in [0.2, 0.25) is 0 Å². The minimum Gasteiger partial charge on any atom is -0.494 e. The fraction of sp³-hybridized carbons (Fsp3) is 0.600. The van der Waals surface area contributed by atoms with E-state index in [-0.39, 0.29) is 5.75 Å². The summed E-state index contributed by atoms with van der Waals surface area (Å²) < 4.78 is 18.7. The zero-order valence-electron chi connectivity index (χ0n) is 11.8. The third kappa shape index (κ3) is 2.94. The maximum atomic E-state index is 13.6. The summed E-state index contributed by atoms with van der Waals surface area (Å²) in [5.74, 6) is -0.137. The number of rotatable bonds is 4. The number of hydrogen-bond acceptors (Lipinski definition) is 3. The van der Waals surface area contributed by atoms with Crippen molar-refractivity contribution in [2.45, 2.75) is 45.1 Å². The van der Waals surface area contributed by atoms with Gasteiger partial charge in [-0.1, -0.05) is 19.3 Å². The molecule has 1 aliphatic rings. The van der Waals surface area contributed by atoms with Crippen molar-refractivity contribution in [3.8, 4) is 5.75 Å². The Morgan fingerprint density at radius 3 is 2.58 bits per heavy atom. The van der Waals surface area contributed by atoms with E-state index in [9.17, 15) is 4.39 Å². The zero-order chi connectivity index (χ0) is 13.8. The molecule has 0 radical (unpaired) electrons. The number of methoxy groups -OCH3 is 1. The highest BCUT2D eigenvalue weighted by Crippen LogP contribution is 2.35. The molecule has 1 aliphatic carbocycles. The summed E-state index contributed by atoms with van der Waals surface area (Å²) in [6.45, 7) is 2.99. The number of ether oxygens (including phenoxy) is 1. The minimum atomic E-state index is -0.400. The molecule has 0 heterocycles. The van der Waals surface area contributed by atoms with Crippen molar-refractivity contribution < 1.29 is 9.13 Å². The highest BCUT2D eigenvalue weighted by atomic mass is 19.1. The monoisotopic (exact) mass is 266 g/mol. The second-order valence-corrected chi connectivity index (χ2v) is 5.12. The summed E-state index contributed by atoms with van der Waals surface area (Å²) in [7, 11) is 1.48. The molecule has 0 spiro atoms. The average Bonchev–Trinajstić information content (AvgIpc) is 2.43. The molecule has 0 unspecified atom stereocenters. The number of halogens is 1. The molecule has 0 aliphatic heterocycles. The van der Waals surface area contributed by atoms with Gasteiger partial charge in [-0.05, 0) is 19.8 Å². The molecular weight excluding hydrogens is 243 g/mol. The van der Waals surface area contributed by atoms with Crippen LogP contribution in [0.1, 0.15) is 39.0 Å². The summed E-state index contributed by atoms with van der Waals surface area (Å²) in [5.41, 5.74) is 7.38. The largest absolute Gasteiger partial charge is 0.494 e. The van der Waals surface area contributed by atoms with Crippen LogP contribution in [-0.2, 0) is 0 Å². The van der Waals surface area contributed by atoms with Crippen molar-refractivity contribution in [2.75, 3.05) is 24.3 Å². The van der Waals surface area contributed by atoms with E-state index in [1.54, 1.807) is 6.07 Å². The summed E-state index contributed by atoms with van der Waals surface area (Å²) in [4.78, 5) is 2.29.